The Kier molecular flexibility index (Phi) is 4.22. The average molecular weight is 302 g/mol. The third-order valence-corrected chi connectivity index (χ3v) is 4.49. The average Bonchev–Trinajstić information content (AvgIpc) is 3.14. The largest absolute Gasteiger partial charge is 0.353 e. The van der Waals surface area contributed by atoms with Gasteiger partial charge in [0.1, 0.15) is 12.7 Å². The van der Waals surface area contributed by atoms with Gasteiger partial charge in [-0.05, 0) is 39.5 Å². The van der Waals surface area contributed by atoms with E-state index in [1.165, 1.54) is 0 Å². The predicted octanol–water partition coefficient (Wildman–Crippen LogP) is 1.46. The highest BCUT2D eigenvalue weighted by molar-refractivity contribution is 5.79. The van der Waals surface area contributed by atoms with Crippen molar-refractivity contribution in [1.29, 1.82) is 0 Å². The lowest BCUT2D eigenvalue weighted by Gasteiger charge is -2.29. The van der Waals surface area contributed by atoms with Gasteiger partial charge < -0.3 is 5.32 Å². The van der Waals surface area contributed by atoms with Crippen molar-refractivity contribution < 1.29 is 4.79 Å². The molecule has 2 aromatic rings. The SMILES string of the molecule is Cc1n[nH]c(C)c1CC(=O)NC1CCC(n2cncn2)CC1. The minimum atomic E-state index is 0.0804. The van der Waals surface area contributed by atoms with E-state index in [1.807, 2.05) is 18.5 Å². The number of carbonyl (C=O) groups is 1. The van der Waals surface area contributed by atoms with Crippen LogP contribution in [0.4, 0.5) is 0 Å². The Hall–Kier alpha value is -2.18. The molecule has 0 radical (unpaired) electrons. The summed E-state index contributed by atoms with van der Waals surface area (Å²) in [5.41, 5.74) is 2.89. The standard InChI is InChI=1S/C15H22N6O/c1-10-14(11(2)20-19-10)7-15(22)18-12-3-5-13(6-4-12)21-9-16-8-17-21/h8-9,12-13H,3-7H2,1-2H3,(H,18,22)(H,19,20). The molecule has 1 fully saturated rings. The zero-order valence-corrected chi connectivity index (χ0v) is 13.0. The molecule has 0 aromatic carbocycles. The summed E-state index contributed by atoms with van der Waals surface area (Å²) < 4.78 is 1.93. The van der Waals surface area contributed by atoms with E-state index < -0.39 is 0 Å². The van der Waals surface area contributed by atoms with Crippen LogP contribution in [0.5, 0.6) is 0 Å². The molecule has 3 rings (SSSR count). The number of carbonyl (C=O) groups excluding carboxylic acids is 1. The van der Waals surface area contributed by atoms with E-state index in [1.54, 1.807) is 12.7 Å². The number of hydrogen-bond donors (Lipinski definition) is 2. The third-order valence-electron chi connectivity index (χ3n) is 4.49. The molecule has 2 heterocycles. The van der Waals surface area contributed by atoms with Crippen LogP contribution >= 0.6 is 0 Å². The lowest BCUT2D eigenvalue weighted by atomic mass is 9.91. The fourth-order valence-corrected chi connectivity index (χ4v) is 3.16. The zero-order valence-electron chi connectivity index (χ0n) is 13.0. The number of aromatic nitrogens is 5. The topological polar surface area (TPSA) is 88.5 Å². The minimum absolute atomic E-state index is 0.0804. The van der Waals surface area contributed by atoms with Crippen molar-refractivity contribution in [3.05, 3.63) is 29.6 Å². The Morgan fingerprint density at radius 3 is 2.73 bits per heavy atom. The molecule has 2 N–H and O–H groups in total. The van der Waals surface area contributed by atoms with Crippen LogP contribution in [0.25, 0.3) is 0 Å². The fraction of sp³-hybridized carbons (Fsp3) is 0.600. The summed E-state index contributed by atoms with van der Waals surface area (Å²) in [6.07, 6.45) is 7.77. The van der Waals surface area contributed by atoms with Crippen molar-refractivity contribution in [2.75, 3.05) is 0 Å². The molecule has 1 saturated carbocycles. The van der Waals surface area contributed by atoms with Crippen LogP contribution in [0.15, 0.2) is 12.7 Å². The first-order valence-corrected chi connectivity index (χ1v) is 7.77. The van der Waals surface area contributed by atoms with E-state index in [-0.39, 0.29) is 11.9 Å². The third kappa shape index (κ3) is 3.18. The second kappa shape index (κ2) is 6.29. The van der Waals surface area contributed by atoms with Gasteiger partial charge in [0, 0.05) is 17.3 Å². The Balaban J connectivity index is 1.49. The molecule has 0 bridgehead atoms. The van der Waals surface area contributed by atoms with Crippen LogP contribution in [0.3, 0.4) is 0 Å². The summed E-state index contributed by atoms with van der Waals surface area (Å²) in [5, 5.41) is 14.4. The van der Waals surface area contributed by atoms with E-state index in [9.17, 15) is 4.79 Å². The highest BCUT2D eigenvalue weighted by Gasteiger charge is 2.24. The minimum Gasteiger partial charge on any atom is -0.353 e. The van der Waals surface area contributed by atoms with Gasteiger partial charge in [-0.3, -0.25) is 9.89 Å². The maximum atomic E-state index is 12.2. The van der Waals surface area contributed by atoms with E-state index in [0.717, 1.165) is 42.6 Å². The Morgan fingerprint density at radius 2 is 2.14 bits per heavy atom. The van der Waals surface area contributed by atoms with Crippen LogP contribution in [0, 0.1) is 13.8 Å². The smallest absolute Gasteiger partial charge is 0.224 e. The number of nitrogens with zero attached hydrogens (tertiary/aromatic N) is 4. The summed E-state index contributed by atoms with van der Waals surface area (Å²) in [5.74, 6) is 0.0804. The summed E-state index contributed by atoms with van der Waals surface area (Å²) in [6.45, 7) is 3.88. The molecule has 1 aliphatic carbocycles. The van der Waals surface area contributed by atoms with Gasteiger partial charge in [0.05, 0.1) is 18.2 Å². The van der Waals surface area contributed by atoms with E-state index >= 15 is 0 Å². The number of aromatic amines is 1. The Morgan fingerprint density at radius 1 is 1.36 bits per heavy atom. The molecule has 22 heavy (non-hydrogen) atoms. The summed E-state index contributed by atoms with van der Waals surface area (Å²) in [4.78, 5) is 16.2. The normalized spacial score (nSPS) is 21.7. The Labute approximate surface area is 129 Å². The van der Waals surface area contributed by atoms with Gasteiger partial charge >= 0.3 is 0 Å². The summed E-state index contributed by atoms with van der Waals surface area (Å²) >= 11 is 0. The molecule has 0 saturated heterocycles. The van der Waals surface area contributed by atoms with E-state index in [2.05, 4.69) is 25.6 Å². The number of nitrogens with one attached hydrogen (secondary N) is 2. The number of rotatable bonds is 4. The number of hydrogen-bond acceptors (Lipinski definition) is 4. The molecular formula is C15H22N6O. The maximum absolute atomic E-state index is 12.2. The second-order valence-electron chi connectivity index (χ2n) is 6.04. The number of aryl methyl sites for hydroxylation is 2. The van der Waals surface area contributed by atoms with Crippen molar-refractivity contribution >= 4 is 5.91 Å². The molecular weight excluding hydrogens is 280 g/mol. The first kappa shape index (κ1) is 14.7. The van der Waals surface area contributed by atoms with Crippen molar-refractivity contribution in [2.24, 2.45) is 0 Å². The van der Waals surface area contributed by atoms with Crippen molar-refractivity contribution in [3.8, 4) is 0 Å². The van der Waals surface area contributed by atoms with Crippen LogP contribution < -0.4 is 5.32 Å². The quantitative estimate of drug-likeness (QED) is 0.895. The predicted molar refractivity (Wildman–Crippen MR) is 81.2 cm³/mol. The monoisotopic (exact) mass is 302 g/mol. The zero-order chi connectivity index (χ0) is 15.5. The van der Waals surface area contributed by atoms with Gasteiger partial charge in [0.25, 0.3) is 0 Å². The van der Waals surface area contributed by atoms with Crippen molar-refractivity contribution in [3.63, 3.8) is 0 Å². The molecule has 0 spiro atoms. The van der Waals surface area contributed by atoms with Crippen molar-refractivity contribution in [1.82, 2.24) is 30.3 Å². The van der Waals surface area contributed by atoms with Gasteiger partial charge in [-0.25, -0.2) is 9.67 Å². The first-order valence-electron chi connectivity index (χ1n) is 7.77. The molecule has 7 nitrogen and oxygen atoms in total. The van der Waals surface area contributed by atoms with Gasteiger partial charge in [0.2, 0.25) is 5.91 Å². The molecule has 0 atom stereocenters. The molecule has 0 unspecified atom stereocenters. The van der Waals surface area contributed by atoms with Gasteiger partial charge in [-0.15, -0.1) is 0 Å². The number of amides is 1. The van der Waals surface area contributed by atoms with Crippen LogP contribution in [-0.2, 0) is 11.2 Å². The van der Waals surface area contributed by atoms with Crippen LogP contribution in [-0.4, -0.2) is 36.9 Å². The molecule has 2 aromatic heterocycles. The lowest BCUT2D eigenvalue weighted by Crippen LogP contribution is -2.39. The highest BCUT2D eigenvalue weighted by atomic mass is 16.1. The molecule has 1 amide bonds. The highest BCUT2D eigenvalue weighted by Crippen LogP contribution is 2.27. The van der Waals surface area contributed by atoms with Crippen molar-refractivity contribution in [2.45, 2.75) is 58.0 Å². The first-order chi connectivity index (χ1) is 10.6. The molecule has 1 aliphatic rings. The number of H-pyrrole nitrogens is 1. The fourth-order valence-electron chi connectivity index (χ4n) is 3.16. The van der Waals surface area contributed by atoms with Gasteiger partial charge in [-0.1, -0.05) is 0 Å². The Bertz CT molecular complexity index is 605. The van der Waals surface area contributed by atoms with Crippen LogP contribution in [0.1, 0.15) is 48.7 Å². The van der Waals surface area contributed by atoms with Gasteiger partial charge in [-0.2, -0.15) is 10.2 Å². The lowest BCUT2D eigenvalue weighted by molar-refractivity contribution is -0.121. The molecule has 118 valence electrons. The second-order valence-corrected chi connectivity index (χ2v) is 6.04. The maximum Gasteiger partial charge on any atom is 0.224 e. The molecule has 7 heteroatoms. The van der Waals surface area contributed by atoms with Crippen LogP contribution in [0.2, 0.25) is 0 Å². The van der Waals surface area contributed by atoms with E-state index in [0.29, 0.717) is 12.5 Å². The molecule has 0 aliphatic heterocycles. The van der Waals surface area contributed by atoms with E-state index in [4.69, 9.17) is 0 Å². The summed E-state index contributed by atoms with van der Waals surface area (Å²) in [7, 11) is 0. The summed E-state index contributed by atoms with van der Waals surface area (Å²) in [6, 6.07) is 0.675. The van der Waals surface area contributed by atoms with Gasteiger partial charge in [0.15, 0.2) is 0 Å².